The normalized spacial score (nSPS) is 10.4. The van der Waals surface area contributed by atoms with Crippen molar-refractivity contribution < 1.29 is 19.2 Å². The van der Waals surface area contributed by atoms with Crippen molar-refractivity contribution in [1.82, 2.24) is 5.06 Å². The third kappa shape index (κ3) is 5.37. The van der Waals surface area contributed by atoms with Crippen molar-refractivity contribution in [3.63, 3.8) is 0 Å². The third-order valence-corrected chi connectivity index (χ3v) is 4.64. The molecular weight excluding hydrogens is 404 g/mol. The van der Waals surface area contributed by atoms with Crippen LogP contribution in [0.25, 0.3) is 0 Å². The molecule has 0 radical (unpaired) electrons. The van der Waals surface area contributed by atoms with Gasteiger partial charge in [-0.1, -0.05) is 35.9 Å². The number of hydrogen-bond acceptors (Lipinski definition) is 4. The number of para-hydroxylation sites is 1. The number of carbonyl (C=O) groups is 2. The van der Waals surface area contributed by atoms with Gasteiger partial charge in [-0.05, 0) is 54.1 Å². The summed E-state index contributed by atoms with van der Waals surface area (Å²) in [6, 6.07) is 20.9. The van der Waals surface area contributed by atoms with Crippen molar-refractivity contribution >= 4 is 29.1 Å². The Morgan fingerprint density at radius 3 is 2.30 bits per heavy atom. The molecule has 0 spiro atoms. The molecule has 154 valence electrons. The lowest BCUT2D eigenvalue weighted by atomic mass is 10.1. The van der Waals surface area contributed by atoms with Gasteiger partial charge in [0.1, 0.15) is 12.4 Å². The maximum Gasteiger partial charge on any atom is 0.277 e. The lowest BCUT2D eigenvalue weighted by Crippen LogP contribution is -2.25. The smallest absolute Gasteiger partial charge is 0.277 e. The highest BCUT2D eigenvalue weighted by molar-refractivity contribution is 6.30. The van der Waals surface area contributed by atoms with Crippen LogP contribution in [-0.4, -0.2) is 31.0 Å². The predicted octanol–water partition coefficient (Wildman–Crippen LogP) is 4.80. The van der Waals surface area contributed by atoms with Crippen LogP contribution in [0.2, 0.25) is 5.02 Å². The van der Waals surface area contributed by atoms with Gasteiger partial charge < -0.3 is 10.1 Å². The molecule has 1 N–H and O–H groups in total. The van der Waals surface area contributed by atoms with Gasteiger partial charge >= 0.3 is 0 Å². The Balaban J connectivity index is 1.68. The summed E-state index contributed by atoms with van der Waals surface area (Å²) >= 11 is 5.90. The van der Waals surface area contributed by atoms with Crippen LogP contribution in [0.15, 0.2) is 72.8 Å². The molecule has 3 aromatic rings. The summed E-state index contributed by atoms with van der Waals surface area (Å²) in [5.74, 6) is -0.121. The van der Waals surface area contributed by atoms with Crippen molar-refractivity contribution in [3.8, 4) is 5.75 Å². The van der Waals surface area contributed by atoms with Crippen molar-refractivity contribution in [1.29, 1.82) is 0 Å². The van der Waals surface area contributed by atoms with Crippen LogP contribution in [0.5, 0.6) is 5.75 Å². The molecule has 0 aliphatic rings. The number of benzene rings is 3. The van der Waals surface area contributed by atoms with E-state index >= 15 is 0 Å². The number of halogens is 1. The first kappa shape index (κ1) is 21.4. The highest BCUT2D eigenvalue weighted by Gasteiger charge is 2.14. The summed E-state index contributed by atoms with van der Waals surface area (Å²) in [6.07, 6.45) is 0. The zero-order chi connectivity index (χ0) is 21.5. The van der Waals surface area contributed by atoms with Crippen LogP contribution in [0, 0.1) is 0 Å². The molecule has 0 aromatic heterocycles. The van der Waals surface area contributed by atoms with E-state index < -0.39 is 0 Å². The number of amides is 2. The van der Waals surface area contributed by atoms with E-state index in [0.717, 1.165) is 10.6 Å². The van der Waals surface area contributed by atoms with Gasteiger partial charge in [0, 0.05) is 23.3 Å². The number of nitrogens with zero attached hydrogens (tertiary/aromatic N) is 1. The van der Waals surface area contributed by atoms with Crippen molar-refractivity contribution in [2.45, 2.75) is 6.61 Å². The maximum absolute atomic E-state index is 12.8. The second-order valence-corrected chi connectivity index (χ2v) is 6.86. The summed E-state index contributed by atoms with van der Waals surface area (Å²) in [7, 11) is 2.94. The molecule has 0 aliphatic heterocycles. The molecule has 0 atom stereocenters. The highest BCUT2D eigenvalue weighted by atomic mass is 35.5. The minimum absolute atomic E-state index is 0.281. The molecule has 6 nitrogen and oxygen atoms in total. The number of nitrogens with one attached hydrogen (secondary N) is 1. The Labute approximate surface area is 179 Å². The van der Waals surface area contributed by atoms with Crippen LogP contribution in [0.1, 0.15) is 26.3 Å². The second kappa shape index (κ2) is 9.91. The molecule has 30 heavy (non-hydrogen) atoms. The minimum atomic E-state index is -0.310. The van der Waals surface area contributed by atoms with Gasteiger partial charge in [0.05, 0.1) is 12.7 Å². The van der Waals surface area contributed by atoms with Crippen LogP contribution in [0.4, 0.5) is 5.69 Å². The molecule has 3 rings (SSSR count). The van der Waals surface area contributed by atoms with Crippen LogP contribution in [0.3, 0.4) is 0 Å². The summed E-state index contributed by atoms with van der Waals surface area (Å²) in [5.41, 5.74) is 2.36. The predicted molar refractivity (Wildman–Crippen MR) is 116 cm³/mol. The number of ether oxygens (including phenoxy) is 1. The first-order valence-corrected chi connectivity index (χ1v) is 9.55. The maximum atomic E-state index is 12.8. The third-order valence-electron chi connectivity index (χ3n) is 4.39. The minimum Gasteiger partial charge on any atom is -0.488 e. The van der Waals surface area contributed by atoms with Crippen LogP contribution < -0.4 is 10.1 Å². The zero-order valence-corrected chi connectivity index (χ0v) is 17.3. The standard InChI is InChI=1S/C23H21ClN2O4/c1-26(29-2)23(28)17-9-13-19(14-10-17)25-22(27)20-5-3-4-6-21(20)30-15-16-7-11-18(24)12-8-16/h3-14H,15H2,1-2H3,(H,25,27). The van der Waals surface area contributed by atoms with E-state index in [1.165, 1.54) is 14.2 Å². The van der Waals surface area contributed by atoms with Gasteiger partial charge in [-0.25, -0.2) is 5.06 Å². The highest BCUT2D eigenvalue weighted by Crippen LogP contribution is 2.22. The van der Waals surface area contributed by atoms with Crippen molar-refractivity contribution in [2.24, 2.45) is 0 Å². The molecule has 2 amide bonds. The van der Waals surface area contributed by atoms with Crippen molar-refractivity contribution in [3.05, 3.63) is 94.5 Å². The van der Waals surface area contributed by atoms with Gasteiger partial charge in [0.15, 0.2) is 0 Å². The first-order chi connectivity index (χ1) is 14.5. The van der Waals surface area contributed by atoms with Crippen LogP contribution in [-0.2, 0) is 11.4 Å². The molecule has 7 heteroatoms. The first-order valence-electron chi connectivity index (χ1n) is 9.18. The van der Waals surface area contributed by atoms with E-state index in [1.54, 1.807) is 60.7 Å². The van der Waals surface area contributed by atoms with Gasteiger partial charge in [-0.2, -0.15) is 0 Å². The fourth-order valence-electron chi connectivity index (χ4n) is 2.68. The fraction of sp³-hybridized carbons (Fsp3) is 0.130. The van der Waals surface area contributed by atoms with Crippen LogP contribution >= 0.6 is 11.6 Å². The van der Waals surface area contributed by atoms with E-state index in [4.69, 9.17) is 21.2 Å². The van der Waals surface area contributed by atoms with Gasteiger partial charge in [0.2, 0.25) is 0 Å². The summed E-state index contributed by atoms with van der Waals surface area (Å²) in [6.45, 7) is 0.311. The van der Waals surface area contributed by atoms with E-state index in [1.807, 2.05) is 12.1 Å². The molecule has 3 aromatic carbocycles. The number of hydrogen-bond donors (Lipinski definition) is 1. The number of anilines is 1. The Bertz CT molecular complexity index is 1020. The largest absolute Gasteiger partial charge is 0.488 e. The molecule has 0 aliphatic carbocycles. The van der Waals surface area contributed by atoms with E-state index in [2.05, 4.69) is 5.32 Å². The molecule has 0 unspecified atom stereocenters. The Morgan fingerprint density at radius 2 is 1.63 bits per heavy atom. The molecule has 0 saturated carbocycles. The van der Waals surface area contributed by atoms with Gasteiger partial charge in [-0.15, -0.1) is 0 Å². The average Bonchev–Trinajstić information content (AvgIpc) is 2.78. The molecular formula is C23H21ClN2O4. The topological polar surface area (TPSA) is 67.9 Å². The lowest BCUT2D eigenvalue weighted by Gasteiger charge is -2.14. The van der Waals surface area contributed by atoms with Gasteiger partial charge in [-0.3, -0.25) is 14.4 Å². The Morgan fingerprint density at radius 1 is 0.967 bits per heavy atom. The number of hydroxylamine groups is 2. The molecule has 0 heterocycles. The monoisotopic (exact) mass is 424 g/mol. The Hall–Kier alpha value is -3.35. The van der Waals surface area contributed by atoms with E-state index in [9.17, 15) is 9.59 Å². The van der Waals surface area contributed by atoms with E-state index in [0.29, 0.717) is 34.2 Å². The number of carbonyl (C=O) groups excluding carboxylic acids is 2. The SMILES string of the molecule is CON(C)C(=O)c1ccc(NC(=O)c2ccccc2OCc2ccc(Cl)cc2)cc1. The van der Waals surface area contributed by atoms with Crippen molar-refractivity contribution in [2.75, 3.05) is 19.5 Å². The molecule has 0 bridgehead atoms. The fourth-order valence-corrected chi connectivity index (χ4v) is 2.81. The molecule has 0 saturated heterocycles. The number of rotatable bonds is 7. The summed E-state index contributed by atoms with van der Waals surface area (Å²) in [5, 5.41) is 4.60. The summed E-state index contributed by atoms with van der Waals surface area (Å²) < 4.78 is 5.84. The quantitative estimate of drug-likeness (QED) is 0.553. The van der Waals surface area contributed by atoms with Gasteiger partial charge in [0.25, 0.3) is 11.8 Å². The molecule has 0 fully saturated rings. The van der Waals surface area contributed by atoms with E-state index in [-0.39, 0.29) is 11.8 Å². The average molecular weight is 425 g/mol. The second-order valence-electron chi connectivity index (χ2n) is 6.43. The Kier molecular flexibility index (Phi) is 7.06. The zero-order valence-electron chi connectivity index (χ0n) is 16.6. The summed E-state index contributed by atoms with van der Waals surface area (Å²) in [4.78, 5) is 29.7. The lowest BCUT2D eigenvalue weighted by molar-refractivity contribution is -0.0756.